The van der Waals surface area contributed by atoms with Gasteiger partial charge in [0.15, 0.2) is 0 Å². The van der Waals surface area contributed by atoms with Crippen LogP contribution in [0.25, 0.3) is 5.76 Å². The van der Waals surface area contributed by atoms with E-state index in [2.05, 4.69) is 0 Å². The van der Waals surface area contributed by atoms with Gasteiger partial charge in [0.1, 0.15) is 23.6 Å². The van der Waals surface area contributed by atoms with Crippen molar-refractivity contribution in [3.63, 3.8) is 0 Å². The monoisotopic (exact) mass is 222 g/mol. The second kappa shape index (κ2) is 3.69. The lowest BCUT2D eigenvalue weighted by molar-refractivity contribution is -0.132. The zero-order chi connectivity index (χ0) is 11.7. The molecule has 0 unspecified atom stereocenters. The molecule has 16 heavy (non-hydrogen) atoms. The van der Waals surface area contributed by atoms with Gasteiger partial charge in [0, 0.05) is 0 Å². The summed E-state index contributed by atoms with van der Waals surface area (Å²) in [5.74, 6) is -2.34. The van der Waals surface area contributed by atoms with Gasteiger partial charge in [0.2, 0.25) is 0 Å². The fourth-order valence-corrected chi connectivity index (χ4v) is 1.34. The highest BCUT2D eigenvalue weighted by Crippen LogP contribution is 2.30. The Balaban J connectivity index is 2.58. The summed E-state index contributed by atoms with van der Waals surface area (Å²) < 4.78 is 18.4. The maximum atomic E-state index is 13.4. The highest BCUT2D eigenvalue weighted by Gasteiger charge is 2.19. The predicted molar refractivity (Wildman–Crippen MR) is 53.4 cm³/mol. The van der Waals surface area contributed by atoms with Crippen LogP contribution in [0.1, 0.15) is 5.56 Å². The summed E-state index contributed by atoms with van der Waals surface area (Å²) in [6.45, 7) is 0. The van der Waals surface area contributed by atoms with Gasteiger partial charge in [0.05, 0.1) is 11.1 Å². The van der Waals surface area contributed by atoms with Gasteiger partial charge >= 0.3 is 5.97 Å². The van der Waals surface area contributed by atoms with Crippen LogP contribution in [-0.2, 0) is 4.79 Å². The number of rotatable bonds is 1. The number of halogens is 1. The second-order valence-electron chi connectivity index (χ2n) is 3.14. The van der Waals surface area contributed by atoms with Crippen molar-refractivity contribution in [2.75, 3.05) is 0 Å². The number of benzene rings is 1. The first-order valence-electron chi connectivity index (χ1n) is 4.39. The summed E-state index contributed by atoms with van der Waals surface area (Å²) in [4.78, 5) is 10.7. The van der Waals surface area contributed by atoms with E-state index in [0.29, 0.717) is 0 Å². The van der Waals surface area contributed by atoms with Gasteiger partial charge in [-0.2, -0.15) is 0 Å². The van der Waals surface area contributed by atoms with Crippen molar-refractivity contribution < 1.29 is 24.1 Å². The molecule has 2 N–H and O–H groups in total. The summed E-state index contributed by atoms with van der Waals surface area (Å²) in [6, 6.07) is 3.99. The fourth-order valence-electron chi connectivity index (χ4n) is 1.34. The topological polar surface area (TPSA) is 66.8 Å². The van der Waals surface area contributed by atoms with Crippen LogP contribution < -0.4 is 4.74 Å². The van der Waals surface area contributed by atoms with Crippen LogP contribution >= 0.6 is 0 Å². The van der Waals surface area contributed by atoms with Gasteiger partial charge in [-0.1, -0.05) is 6.07 Å². The standard InChI is InChI=1S/C11H7FO4/c12-7-2-1-3-9-10(7)8(13)4-6(5-16-9)11(14)15/h1-5,13H,(H,14,15). The molecule has 82 valence electrons. The number of carboxylic acids is 1. The second-order valence-corrected chi connectivity index (χ2v) is 3.14. The number of hydrogen-bond acceptors (Lipinski definition) is 3. The Morgan fingerprint density at radius 1 is 1.38 bits per heavy atom. The van der Waals surface area contributed by atoms with E-state index in [4.69, 9.17) is 9.84 Å². The number of hydrogen-bond donors (Lipinski definition) is 2. The molecule has 0 saturated carbocycles. The van der Waals surface area contributed by atoms with E-state index < -0.39 is 17.5 Å². The summed E-state index contributed by atoms with van der Waals surface area (Å²) in [7, 11) is 0. The minimum atomic E-state index is -1.26. The van der Waals surface area contributed by atoms with Gasteiger partial charge in [-0.3, -0.25) is 0 Å². The first kappa shape index (κ1) is 10.2. The molecule has 1 aliphatic rings. The van der Waals surface area contributed by atoms with Crippen molar-refractivity contribution >= 4 is 11.7 Å². The predicted octanol–water partition coefficient (Wildman–Crippen LogP) is 2.09. The maximum absolute atomic E-state index is 13.4. The zero-order valence-corrected chi connectivity index (χ0v) is 7.98. The molecule has 5 heteroatoms. The van der Waals surface area contributed by atoms with Crippen molar-refractivity contribution in [3.05, 3.63) is 47.5 Å². The molecule has 0 aliphatic carbocycles. The van der Waals surface area contributed by atoms with Crippen molar-refractivity contribution in [1.82, 2.24) is 0 Å². The van der Waals surface area contributed by atoms with Crippen molar-refractivity contribution in [1.29, 1.82) is 0 Å². The van der Waals surface area contributed by atoms with Crippen molar-refractivity contribution in [2.24, 2.45) is 0 Å². The quantitative estimate of drug-likeness (QED) is 0.763. The normalized spacial score (nSPS) is 14.1. The van der Waals surface area contributed by atoms with E-state index in [-0.39, 0.29) is 16.9 Å². The van der Waals surface area contributed by atoms with Crippen LogP contribution in [0.3, 0.4) is 0 Å². The highest BCUT2D eigenvalue weighted by molar-refractivity contribution is 5.92. The van der Waals surface area contributed by atoms with Gasteiger partial charge in [0.25, 0.3) is 0 Å². The molecule has 1 aliphatic heterocycles. The number of carbonyl (C=O) groups is 1. The largest absolute Gasteiger partial charge is 0.507 e. The Labute approximate surface area is 89.9 Å². The van der Waals surface area contributed by atoms with Crippen LogP contribution in [0.4, 0.5) is 4.39 Å². The Bertz CT molecular complexity index is 517. The lowest BCUT2D eigenvalue weighted by Crippen LogP contribution is -1.98. The van der Waals surface area contributed by atoms with E-state index in [1.165, 1.54) is 12.1 Å². The maximum Gasteiger partial charge on any atom is 0.338 e. The SMILES string of the molecule is O=C(O)C1=COc2cccc(F)c2C(O)=C1. The molecule has 0 radical (unpaired) electrons. The first-order valence-corrected chi connectivity index (χ1v) is 4.39. The molecular formula is C11H7FO4. The van der Waals surface area contributed by atoms with Gasteiger partial charge in [-0.15, -0.1) is 0 Å². The zero-order valence-electron chi connectivity index (χ0n) is 7.98. The smallest absolute Gasteiger partial charge is 0.338 e. The van der Waals surface area contributed by atoms with Crippen LogP contribution in [0, 0.1) is 5.82 Å². The molecule has 2 rings (SSSR count). The number of carboxylic acid groups (broad SMARTS) is 1. The molecule has 1 aromatic carbocycles. The average molecular weight is 222 g/mol. The van der Waals surface area contributed by atoms with E-state index in [9.17, 15) is 14.3 Å². The molecule has 1 aromatic rings. The third-order valence-corrected chi connectivity index (χ3v) is 2.08. The average Bonchev–Trinajstić information content (AvgIpc) is 2.39. The van der Waals surface area contributed by atoms with Crippen LogP contribution in [0.5, 0.6) is 5.75 Å². The third-order valence-electron chi connectivity index (χ3n) is 2.08. The Morgan fingerprint density at radius 3 is 2.81 bits per heavy atom. The van der Waals surface area contributed by atoms with Gasteiger partial charge in [-0.25, -0.2) is 9.18 Å². The van der Waals surface area contributed by atoms with Crippen LogP contribution in [0.2, 0.25) is 0 Å². The van der Waals surface area contributed by atoms with E-state index in [1.54, 1.807) is 0 Å². The molecule has 0 bridgehead atoms. The van der Waals surface area contributed by atoms with Crippen molar-refractivity contribution in [3.8, 4) is 5.75 Å². The number of aliphatic hydroxyl groups is 1. The first-order chi connectivity index (χ1) is 7.59. The Hall–Kier alpha value is -2.30. The fraction of sp³-hybridized carbons (Fsp3) is 0. The number of aliphatic carboxylic acids is 1. The molecule has 0 saturated heterocycles. The number of ether oxygens (including phenoxy) is 1. The minimum Gasteiger partial charge on any atom is -0.507 e. The Kier molecular flexibility index (Phi) is 2.36. The summed E-state index contributed by atoms with van der Waals surface area (Å²) in [5.41, 5.74) is -0.400. The van der Waals surface area contributed by atoms with Crippen molar-refractivity contribution in [2.45, 2.75) is 0 Å². The molecular weight excluding hydrogens is 215 g/mol. The molecule has 4 nitrogen and oxygen atoms in total. The van der Waals surface area contributed by atoms with E-state index >= 15 is 0 Å². The molecule has 0 atom stereocenters. The number of fused-ring (bicyclic) bond motifs is 1. The number of aliphatic hydroxyl groups excluding tert-OH is 1. The molecule has 0 aromatic heterocycles. The molecule has 0 fully saturated rings. The highest BCUT2D eigenvalue weighted by atomic mass is 19.1. The summed E-state index contributed by atoms with van der Waals surface area (Å²) in [5, 5.41) is 18.3. The Morgan fingerprint density at radius 2 is 2.12 bits per heavy atom. The minimum absolute atomic E-state index is 0.0741. The van der Waals surface area contributed by atoms with E-state index in [0.717, 1.165) is 18.4 Å². The van der Waals surface area contributed by atoms with Gasteiger partial charge in [-0.05, 0) is 18.2 Å². The van der Waals surface area contributed by atoms with Crippen LogP contribution in [-0.4, -0.2) is 16.2 Å². The summed E-state index contributed by atoms with van der Waals surface area (Å²) in [6.07, 6.45) is 1.89. The van der Waals surface area contributed by atoms with Crippen LogP contribution in [0.15, 0.2) is 36.1 Å². The lowest BCUT2D eigenvalue weighted by Gasteiger charge is -2.05. The molecule has 0 amide bonds. The van der Waals surface area contributed by atoms with E-state index in [1.807, 2.05) is 0 Å². The lowest BCUT2D eigenvalue weighted by atomic mass is 10.1. The summed E-state index contributed by atoms with van der Waals surface area (Å²) >= 11 is 0. The third kappa shape index (κ3) is 1.63. The molecule has 0 spiro atoms. The van der Waals surface area contributed by atoms with Gasteiger partial charge < -0.3 is 14.9 Å². The molecule has 1 heterocycles.